The smallest absolute Gasteiger partial charge is 0.247 e. The van der Waals surface area contributed by atoms with E-state index in [1.54, 1.807) is 0 Å². The van der Waals surface area contributed by atoms with E-state index in [2.05, 4.69) is 38.4 Å². The van der Waals surface area contributed by atoms with Gasteiger partial charge in [0.05, 0.1) is 0 Å². The lowest BCUT2D eigenvalue weighted by atomic mass is 10.2. The first-order valence-electron chi connectivity index (χ1n) is 6.18. The van der Waals surface area contributed by atoms with E-state index >= 15 is 0 Å². The number of nitrogens with one attached hydrogen (secondary N) is 1. The number of nitrogens with zero attached hydrogens (tertiary/aromatic N) is 2. The summed E-state index contributed by atoms with van der Waals surface area (Å²) >= 11 is 9.39. The topological polar surface area (TPSA) is 51.0 Å². The molecule has 1 aromatic heterocycles. The zero-order chi connectivity index (χ0) is 13.7. The summed E-state index contributed by atoms with van der Waals surface area (Å²) < 4.78 is 6.52. The van der Waals surface area contributed by atoms with Crippen LogP contribution in [0.5, 0.6) is 0 Å². The SMILES string of the molecule is CCNCCCc1nnc(-c2cc(Cl)cc(Br)c2)o1. The molecule has 1 aromatic carbocycles. The van der Waals surface area contributed by atoms with Crippen LogP contribution in [0.15, 0.2) is 27.1 Å². The van der Waals surface area contributed by atoms with E-state index in [9.17, 15) is 0 Å². The molecular weight excluding hydrogens is 330 g/mol. The Morgan fingerprint density at radius 2 is 2.16 bits per heavy atom. The van der Waals surface area contributed by atoms with Crippen LogP contribution in [0.1, 0.15) is 19.2 Å². The highest BCUT2D eigenvalue weighted by molar-refractivity contribution is 9.10. The van der Waals surface area contributed by atoms with Crippen LogP contribution in [-0.2, 0) is 6.42 Å². The number of aromatic nitrogens is 2. The van der Waals surface area contributed by atoms with E-state index in [1.807, 2.05) is 18.2 Å². The van der Waals surface area contributed by atoms with E-state index < -0.39 is 0 Å². The molecule has 0 aliphatic carbocycles. The number of rotatable bonds is 6. The highest BCUT2D eigenvalue weighted by Gasteiger charge is 2.09. The van der Waals surface area contributed by atoms with Crippen LogP contribution in [0.25, 0.3) is 11.5 Å². The largest absolute Gasteiger partial charge is 0.421 e. The van der Waals surface area contributed by atoms with Crippen molar-refractivity contribution in [2.24, 2.45) is 0 Å². The third-order valence-corrected chi connectivity index (χ3v) is 3.25. The summed E-state index contributed by atoms with van der Waals surface area (Å²) in [5.41, 5.74) is 0.824. The minimum atomic E-state index is 0.502. The first-order chi connectivity index (χ1) is 9.19. The lowest BCUT2D eigenvalue weighted by Crippen LogP contribution is -2.14. The minimum absolute atomic E-state index is 0.502. The molecule has 4 nitrogen and oxygen atoms in total. The zero-order valence-electron chi connectivity index (χ0n) is 10.6. The molecule has 0 atom stereocenters. The van der Waals surface area contributed by atoms with Gasteiger partial charge in [-0.15, -0.1) is 10.2 Å². The van der Waals surface area contributed by atoms with Crippen LogP contribution in [-0.4, -0.2) is 23.3 Å². The molecule has 0 spiro atoms. The Bertz CT molecular complexity index is 524. The molecule has 1 heterocycles. The molecule has 0 saturated carbocycles. The van der Waals surface area contributed by atoms with Crippen molar-refractivity contribution >= 4 is 27.5 Å². The maximum absolute atomic E-state index is 6.00. The van der Waals surface area contributed by atoms with Gasteiger partial charge >= 0.3 is 0 Å². The van der Waals surface area contributed by atoms with Gasteiger partial charge in [-0.2, -0.15) is 0 Å². The molecule has 0 saturated heterocycles. The minimum Gasteiger partial charge on any atom is -0.421 e. The van der Waals surface area contributed by atoms with Crippen LogP contribution in [0.4, 0.5) is 0 Å². The summed E-state index contributed by atoms with van der Waals surface area (Å²) in [5.74, 6) is 1.16. The van der Waals surface area contributed by atoms with Crippen LogP contribution >= 0.6 is 27.5 Å². The number of hydrogen-bond acceptors (Lipinski definition) is 4. The van der Waals surface area contributed by atoms with E-state index in [1.165, 1.54) is 0 Å². The molecule has 19 heavy (non-hydrogen) atoms. The quantitative estimate of drug-likeness (QED) is 0.812. The van der Waals surface area contributed by atoms with Gasteiger partial charge < -0.3 is 9.73 Å². The fourth-order valence-electron chi connectivity index (χ4n) is 1.69. The monoisotopic (exact) mass is 343 g/mol. The second-order valence-electron chi connectivity index (χ2n) is 4.12. The molecule has 6 heteroatoms. The molecule has 0 aliphatic rings. The lowest BCUT2D eigenvalue weighted by molar-refractivity contribution is 0.492. The van der Waals surface area contributed by atoms with Crippen LogP contribution in [0, 0.1) is 0 Å². The summed E-state index contributed by atoms with van der Waals surface area (Å²) in [6, 6.07) is 5.53. The maximum Gasteiger partial charge on any atom is 0.247 e. The predicted octanol–water partition coefficient (Wildman–Crippen LogP) is 3.69. The molecule has 0 radical (unpaired) electrons. The summed E-state index contributed by atoms with van der Waals surface area (Å²) in [5, 5.41) is 12.0. The van der Waals surface area contributed by atoms with Crippen molar-refractivity contribution in [1.82, 2.24) is 15.5 Å². The van der Waals surface area contributed by atoms with E-state index in [-0.39, 0.29) is 0 Å². The molecule has 0 aliphatic heterocycles. The summed E-state index contributed by atoms with van der Waals surface area (Å²) in [6.45, 7) is 4.02. The van der Waals surface area contributed by atoms with Crippen molar-refractivity contribution in [3.63, 3.8) is 0 Å². The van der Waals surface area contributed by atoms with Crippen molar-refractivity contribution in [2.45, 2.75) is 19.8 Å². The van der Waals surface area contributed by atoms with E-state index in [4.69, 9.17) is 16.0 Å². The van der Waals surface area contributed by atoms with Gasteiger partial charge in [-0.25, -0.2) is 0 Å². The Labute approximate surface area is 125 Å². The number of hydrogen-bond donors (Lipinski definition) is 1. The lowest BCUT2D eigenvalue weighted by Gasteiger charge is -1.99. The average molecular weight is 345 g/mol. The fraction of sp³-hybridized carbons (Fsp3) is 0.385. The third kappa shape index (κ3) is 4.30. The average Bonchev–Trinajstić information content (AvgIpc) is 2.82. The van der Waals surface area contributed by atoms with Crippen LogP contribution < -0.4 is 5.32 Å². The number of halogens is 2. The Morgan fingerprint density at radius 3 is 2.89 bits per heavy atom. The van der Waals surface area contributed by atoms with Crippen molar-refractivity contribution < 1.29 is 4.42 Å². The molecule has 1 N–H and O–H groups in total. The van der Waals surface area contributed by atoms with Crippen LogP contribution in [0.3, 0.4) is 0 Å². The predicted molar refractivity (Wildman–Crippen MR) is 79.3 cm³/mol. The fourth-order valence-corrected chi connectivity index (χ4v) is 2.55. The molecule has 2 rings (SSSR count). The molecular formula is C13H15BrClN3O. The second-order valence-corrected chi connectivity index (χ2v) is 5.47. The van der Waals surface area contributed by atoms with Gasteiger partial charge in [0.15, 0.2) is 0 Å². The molecule has 0 bridgehead atoms. The zero-order valence-corrected chi connectivity index (χ0v) is 13.0. The number of aryl methyl sites for hydroxylation is 1. The normalized spacial score (nSPS) is 10.9. The van der Waals surface area contributed by atoms with Crippen LogP contribution in [0.2, 0.25) is 5.02 Å². The van der Waals surface area contributed by atoms with Crippen molar-refractivity contribution in [3.8, 4) is 11.5 Å². The Kier molecular flexibility index (Phi) is 5.36. The summed E-state index contributed by atoms with van der Waals surface area (Å²) in [7, 11) is 0. The first kappa shape index (κ1) is 14.5. The molecule has 0 amide bonds. The van der Waals surface area contributed by atoms with Crippen molar-refractivity contribution in [3.05, 3.63) is 33.6 Å². The Balaban J connectivity index is 2.03. The highest BCUT2D eigenvalue weighted by atomic mass is 79.9. The summed E-state index contributed by atoms with van der Waals surface area (Å²) in [4.78, 5) is 0. The first-order valence-corrected chi connectivity index (χ1v) is 7.35. The summed E-state index contributed by atoms with van der Waals surface area (Å²) in [6.07, 6.45) is 1.76. The van der Waals surface area contributed by atoms with Gasteiger partial charge in [-0.3, -0.25) is 0 Å². The Morgan fingerprint density at radius 1 is 1.32 bits per heavy atom. The van der Waals surface area contributed by atoms with Gasteiger partial charge in [0, 0.05) is 21.5 Å². The van der Waals surface area contributed by atoms with Crippen molar-refractivity contribution in [2.75, 3.05) is 13.1 Å². The van der Waals surface area contributed by atoms with Crippen molar-refractivity contribution in [1.29, 1.82) is 0 Å². The number of benzene rings is 1. The van der Waals surface area contributed by atoms with E-state index in [0.29, 0.717) is 16.8 Å². The Hall–Kier alpha value is -0.910. The molecule has 0 unspecified atom stereocenters. The molecule has 0 fully saturated rings. The van der Waals surface area contributed by atoms with Gasteiger partial charge in [-0.05, 0) is 37.7 Å². The standard InChI is InChI=1S/C13H15BrClN3O/c1-2-16-5-3-4-12-17-18-13(19-12)9-6-10(14)8-11(15)7-9/h6-8,16H,2-5H2,1H3. The van der Waals surface area contributed by atoms with Gasteiger partial charge in [0.1, 0.15) is 0 Å². The van der Waals surface area contributed by atoms with Gasteiger partial charge in [0.25, 0.3) is 0 Å². The molecule has 102 valence electrons. The molecule has 2 aromatic rings. The maximum atomic E-state index is 6.00. The van der Waals surface area contributed by atoms with E-state index in [0.717, 1.165) is 36.0 Å². The second kappa shape index (κ2) is 7.03. The highest BCUT2D eigenvalue weighted by Crippen LogP contribution is 2.26. The van der Waals surface area contributed by atoms with Gasteiger partial charge in [-0.1, -0.05) is 34.5 Å². The third-order valence-electron chi connectivity index (χ3n) is 2.57. The van der Waals surface area contributed by atoms with Gasteiger partial charge in [0.2, 0.25) is 11.8 Å².